The van der Waals surface area contributed by atoms with E-state index in [1.807, 2.05) is 24.3 Å². The summed E-state index contributed by atoms with van der Waals surface area (Å²) in [4.78, 5) is 2.55. The number of ether oxygens (including phenoxy) is 1. The van der Waals surface area contributed by atoms with Crippen molar-refractivity contribution in [3.8, 4) is 5.75 Å². The molecule has 1 aromatic rings. The first-order chi connectivity index (χ1) is 10.2. The molecule has 0 amide bonds. The Hall–Kier alpha value is -1.06. The average Bonchev–Trinajstić information content (AvgIpc) is 2.49. The second-order valence-corrected chi connectivity index (χ2v) is 5.89. The van der Waals surface area contributed by atoms with Gasteiger partial charge in [0.05, 0.1) is 6.61 Å². The molecule has 0 bridgehead atoms. The first kappa shape index (κ1) is 18.0. The SMILES string of the molecule is CCCCCN(CCCOc1cccc(CN)c1)C(C)C. The Kier molecular flexibility index (Phi) is 9.11. The molecule has 0 saturated carbocycles. The van der Waals surface area contributed by atoms with Crippen LogP contribution in [0.4, 0.5) is 0 Å². The summed E-state index contributed by atoms with van der Waals surface area (Å²) in [5.41, 5.74) is 6.76. The Morgan fingerprint density at radius 1 is 1.14 bits per heavy atom. The van der Waals surface area contributed by atoms with Gasteiger partial charge in [0.2, 0.25) is 0 Å². The summed E-state index contributed by atoms with van der Waals surface area (Å²) in [6, 6.07) is 8.67. The van der Waals surface area contributed by atoms with Gasteiger partial charge in [-0.05, 0) is 50.9 Å². The van der Waals surface area contributed by atoms with E-state index in [-0.39, 0.29) is 0 Å². The molecule has 0 fully saturated rings. The summed E-state index contributed by atoms with van der Waals surface area (Å²) in [5, 5.41) is 0. The molecule has 1 aromatic carbocycles. The summed E-state index contributed by atoms with van der Waals surface area (Å²) in [5.74, 6) is 0.931. The van der Waals surface area contributed by atoms with E-state index in [4.69, 9.17) is 10.5 Å². The zero-order valence-electron chi connectivity index (χ0n) is 14.0. The number of hydrogen-bond donors (Lipinski definition) is 1. The molecule has 120 valence electrons. The van der Waals surface area contributed by atoms with Crippen LogP contribution in [0.25, 0.3) is 0 Å². The van der Waals surface area contributed by atoms with Crippen molar-refractivity contribution in [2.45, 2.75) is 59.0 Å². The van der Waals surface area contributed by atoms with Gasteiger partial charge < -0.3 is 15.4 Å². The molecule has 0 aliphatic heterocycles. The van der Waals surface area contributed by atoms with Crippen molar-refractivity contribution in [2.75, 3.05) is 19.7 Å². The third kappa shape index (κ3) is 7.49. The van der Waals surface area contributed by atoms with Gasteiger partial charge in [-0.15, -0.1) is 0 Å². The summed E-state index contributed by atoms with van der Waals surface area (Å²) >= 11 is 0. The standard InChI is InChI=1S/C18H32N2O/c1-4-5-6-11-20(16(2)3)12-8-13-21-18-10-7-9-17(14-18)15-19/h7,9-10,14,16H,4-6,8,11-13,15,19H2,1-3H3. The van der Waals surface area contributed by atoms with E-state index in [1.165, 1.54) is 25.8 Å². The molecule has 0 heterocycles. The van der Waals surface area contributed by atoms with Gasteiger partial charge in [-0.3, -0.25) is 0 Å². The maximum Gasteiger partial charge on any atom is 0.119 e. The van der Waals surface area contributed by atoms with Crippen molar-refractivity contribution < 1.29 is 4.74 Å². The Bertz CT molecular complexity index is 379. The molecule has 2 N–H and O–H groups in total. The quantitative estimate of drug-likeness (QED) is 0.630. The maximum absolute atomic E-state index is 5.82. The molecule has 1 rings (SSSR count). The van der Waals surface area contributed by atoms with Gasteiger partial charge in [-0.25, -0.2) is 0 Å². The molecular weight excluding hydrogens is 260 g/mol. The molecule has 3 nitrogen and oxygen atoms in total. The van der Waals surface area contributed by atoms with Crippen LogP contribution < -0.4 is 10.5 Å². The molecule has 0 radical (unpaired) electrons. The van der Waals surface area contributed by atoms with Crippen molar-refractivity contribution in [2.24, 2.45) is 5.73 Å². The van der Waals surface area contributed by atoms with E-state index in [0.29, 0.717) is 12.6 Å². The summed E-state index contributed by atoms with van der Waals surface area (Å²) in [6.07, 6.45) is 4.98. The highest BCUT2D eigenvalue weighted by Gasteiger charge is 2.08. The predicted octanol–water partition coefficient (Wildman–Crippen LogP) is 3.81. The summed E-state index contributed by atoms with van der Waals surface area (Å²) in [7, 11) is 0. The highest BCUT2D eigenvalue weighted by molar-refractivity contribution is 5.28. The molecule has 0 aliphatic rings. The number of benzene rings is 1. The average molecular weight is 292 g/mol. The van der Waals surface area contributed by atoms with Crippen molar-refractivity contribution in [3.63, 3.8) is 0 Å². The van der Waals surface area contributed by atoms with Crippen molar-refractivity contribution in [1.29, 1.82) is 0 Å². The normalized spacial score (nSPS) is 11.3. The Labute approximate surface area is 130 Å². The van der Waals surface area contributed by atoms with Gasteiger partial charge >= 0.3 is 0 Å². The fourth-order valence-corrected chi connectivity index (χ4v) is 2.41. The number of hydrogen-bond acceptors (Lipinski definition) is 3. The van der Waals surface area contributed by atoms with Crippen molar-refractivity contribution in [3.05, 3.63) is 29.8 Å². The van der Waals surface area contributed by atoms with Gasteiger partial charge in [0, 0.05) is 19.1 Å². The Balaban J connectivity index is 2.26. The smallest absolute Gasteiger partial charge is 0.119 e. The molecular formula is C18H32N2O. The number of unbranched alkanes of at least 4 members (excludes halogenated alkanes) is 2. The van der Waals surface area contributed by atoms with Crippen LogP contribution in [0.3, 0.4) is 0 Å². The van der Waals surface area contributed by atoms with Gasteiger partial charge in [0.1, 0.15) is 5.75 Å². The van der Waals surface area contributed by atoms with Crippen molar-refractivity contribution >= 4 is 0 Å². The molecule has 0 aliphatic carbocycles. The van der Waals surface area contributed by atoms with Crippen LogP contribution in [0.15, 0.2) is 24.3 Å². The maximum atomic E-state index is 5.82. The van der Waals surface area contributed by atoms with Gasteiger partial charge in [-0.2, -0.15) is 0 Å². The van der Waals surface area contributed by atoms with Crippen LogP contribution in [0.1, 0.15) is 52.0 Å². The molecule has 0 spiro atoms. The van der Waals surface area contributed by atoms with Gasteiger partial charge in [-0.1, -0.05) is 31.9 Å². The second-order valence-electron chi connectivity index (χ2n) is 5.89. The summed E-state index contributed by atoms with van der Waals surface area (Å²) < 4.78 is 5.82. The predicted molar refractivity (Wildman–Crippen MR) is 90.7 cm³/mol. The van der Waals surface area contributed by atoms with E-state index < -0.39 is 0 Å². The molecule has 0 unspecified atom stereocenters. The van der Waals surface area contributed by atoms with Crippen LogP contribution in [-0.4, -0.2) is 30.6 Å². The Morgan fingerprint density at radius 3 is 2.57 bits per heavy atom. The fourth-order valence-electron chi connectivity index (χ4n) is 2.41. The Morgan fingerprint density at radius 2 is 1.90 bits per heavy atom. The van der Waals surface area contributed by atoms with E-state index in [2.05, 4.69) is 25.7 Å². The van der Waals surface area contributed by atoms with Crippen LogP contribution >= 0.6 is 0 Å². The third-order valence-electron chi connectivity index (χ3n) is 3.77. The van der Waals surface area contributed by atoms with E-state index >= 15 is 0 Å². The minimum absolute atomic E-state index is 0.565. The highest BCUT2D eigenvalue weighted by Crippen LogP contribution is 2.13. The molecule has 3 heteroatoms. The lowest BCUT2D eigenvalue weighted by Crippen LogP contribution is -2.33. The first-order valence-corrected chi connectivity index (χ1v) is 8.33. The number of nitrogens with zero attached hydrogens (tertiary/aromatic N) is 1. The van der Waals surface area contributed by atoms with Gasteiger partial charge in [0.15, 0.2) is 0 Å². The zero-order valence-corrected chi connectivity index (χ0v) is 14.0. The number of rotatable bonds is 11. The highest BCUT2D eigenvalue weighted by atomic mass is 16.5. The third-order valence-corrected chi connectivity index (χ3v) is 3.77. The zero-order chi connectivity index (χ0) is 15.5. The van der Waals surface area contributed by atoms with Gasteiger partial charge in [0.25, 0.3) is 0 Å². The second kappa shape index (κ2) is 10.6. The van der Waals surface area contributed by atoms with E-state index in [1.54, 1.807) is 0 Å². The topological polar surface area (TPSA) is 38.5 Å². The molecule has 21 heavy (non-hydrogen) atoms. The lowest BCUT2D eigenvalue weighted by molar-refractivity contribution is 0.194. The number of nitrogens with two attached hydrogens (primary N) is 1. The lowest BCUT2D eigenvalue weighted by Gasteiger charge is -2.26. The van der Waals surface area contributed by atoms with Crippen LogP contribution in [0, 0.1) is 0 Å². The minimum Gasteiger partial charge on any atom is -0.494 e. The van der Waals surface area contributed by atoms with E-state index in [9.17, 15) is 0 Å². The monoisotopic (exact) mass is 292 g/mol. The van der Waals surface area contributed by atoms with E-state index in [0.717, 1.165) is 30.9 Å². The largest absolute Gasteiger partial charge is 0.494 e. The van der Waals surface area contributed by atoms with Crippen molar-refractivity contribution in [1.82, 2.24) is 4.90 Å². The molecule has 0 aromatic heterocycles. The fraction of sp³-hybridized carbons (Fsp3) is 0.667. The lowest BCUT2D eigenvalue weighted by atomic mass is 10.2. The molecule has 0 atom stereocenters. The van der Waals surface area contributed by atoms with Crippen LogP contribution in [0.2, 0.25) is 0 Å². The van der Waals surface area contributed by atoms with Crippen LogP contribution in [-0.2, 0) is 6.54 Å². The minimum atomic E-state index is 0.565. The molecule has 0 saturated heterocycles. The summed E-state index contributed by atoms with van der Waals surface area (Å²) in [6.45, 7) is 10.4. The first-order valence-electron chi connectivity index (χ1n) is 8.33. The van der Waals surface area contributed by atoms with Crippen LogP contribution in [0.5, 0.6) is 5.75 Å².